The van der Waals surface area contributed by atoms with Crippen LogP contribution in [0, 0.1) is 5.41 Å². The van der Waals surface area contributed by atoms with E-state index in [9.17, 15) is 4.79 Å². The molecule has 1 N–H and O–H groups in total. The van der Waals surface area contributed by atoms with E-state index >= 15 is 0 Å². The minimum atomic E-state index is -0.405. The first-order valence-electron chi connectivity index (χ1n) is 9.39. The van der Waals surface area contributed by atoms with Gasteiger partial charge in [-0.3, -0.25) is 0 Å². The number of hydrogen-bond donors (Lipinski definition) is 1. The lowest BCUT2D eigenvalue weighted by Gasteiger charge is -2.35. The highest BCUT2D eigenvalue weighted by molar-refractivity contribution is 5.69. The third kappa shape index (κ3) is 6.70. The van der Waals surface area contributed by atoms with E-state index in [4.69, 9.17) is 4.74 Å². The van der Waals surface area contributed by atoms with Crippen molar-refractivity contribution in [3.05, 3.63) is 0 Å². The molecule has 0 radical (unpaired) electrons. The topological polar surface area (TPSA) is 41.6 Å². The number of ether oxygens (including phenoxy) is 1. The zero-order valence-corrected chi connectivity index (χ0v) is 15.8. The molecule has 0 aliphatic heterocycles. The smallest absolute Gasteiger partial charge is 0.410 e. The number of hydrogen-bond acceptors (Lipinski definition) is 3. The van der Waals surface area contributed by atoms with Crippen molar-refractivity contribution in [3.8, 4) is 0 Å². The third-order valence-corrected chi connectivity index (χ3v) is 4.96. The van der Waals surface area contributed by atoms with Crippen molar-refractivity contribution in [3.63, 3.8) is 0 Å². The standard InChI is InChI=1S/C19H36N2O2/c1-18(2,3)23-17(22)21(16-7-8-16)14-6-13-20-15-9-11-19(4,5)12-10-15/h15-16,20H,6-14H2,1-5H3. The third-order valence-electron chi connectivity index (χ3n) is 4.96. The summed E-state index contributed by atoms with van der Waals surface area (Å²) in [5.74, 6) is 0. The molecule has 2 aliphatic rings. The second-order valence-electron chi connectivity index (χ2n) is 9.15. The second-order valence-corrected chi connectivity index (χ2v) is 9.15. The Morgan fingerprint density at radius 1 is 1.17 bits per heavy atom. The summed E-state index contributed by atoms with van der Waals surface area (Å²) in [5, 5.41) is 3.68. The fourth-order valence-corrected chi connectivity index (χ4v) is 3.29. The summed E-state index contributed by atoms with van der Waals surface area (Å²) in [7, 11) is 0. The first-order valence-corrected chi connectivity index (χ1v) is 9.39. The molecule has 0 unspecified atom stereocenters. The number of carbonyl (C=O) groups is 1. The average molecular weight is 325 g/mol. The van der Waals surface area contributed by atoms with E-state index in [1.165, 1.54) is 25.7 Å². The number of rotatable bonds is 6. The molecule has 0 aromatic rings. The molecule has 0 atom stereocenters. The summed E-state index contributed by atoms with van der Waals surface area (Å²) < 4.78 is 5.54. The fourth-order valence-electron chi connectivity index (χ4n) is 3.29. The highest BCUT2D eigenvalue weighted by Gasteiger charge is 2.34. The Kier molecular flexibility index (Phi) is 5.99. The lowest BCUT2D eigenvalue weighted by Crippen LogP contribution is -2.41. The molecular formula is C19H36N2O2. The predicted octanol–water partition coefficient (Wildman–Crippen LogP) is 4.33. The molecule has 4 heteroatoms. The van der Waals surface area contributed by atoms with E-state index < -0.39 is 5.60 Å². The van der Waals surface area contributed by atoms with Crippen LogP contribution in [0.25, 0.3) is 0 Å². The van der Waals surface area contributed by atoms with E-state index in [0.29, 0.717) is 17.5 Å². The molecule has 2 fully saturated rings. The van der Waals surface area contributed by atoms with Gasteiger partial charge in [-0.25, -0.2) is 4.79 Å². The van der Waals surface area contributed by atoms with Crippen molar-refractivity contribution in [1.29, 1.82) is 0 Å². The average Bonchev–Trinajstić information content (AvgIpc) is 3.22. The number of amides is 1. The molecule has 0 bridgehead atoms. The first kappa shape index (κ1) is 18.6. The molecule has 2 saturated carbocycles. The molecule has 4 nitrogen and oxygen atoms in total. The van der Waals surface area contributed by atoms with Gasteiger partial charge in [-0.15, -0.1) is 0 Å². The molecule has 0 heterocycles. The van der Waals surface area contributed by atoms with Gasteiger partial charge in [-0.1, -0.05) is 13.8 Å². The lowest BCUT2D eigenvalue weighted by molar-refractivity contribution is 0.0231. The Labute approximate surface area is 142 Å². The van der Waals surface area contributed by atoms with Gasteiger partial charge in [0.1, 0.15) is 5.60 Å². The van der Waals surface area contributed by atoms with E-state index in [1.54, 1.807) is 0 Å². The van der Waals surface area contributed by atoms with Crippen LogP contribution in [0.15, 0.2) is 0 Å². The Balaban J connectivity index is 1.66. The maximum absolute atomic E-state index is 12.3. The Morgan fingerprint density at radius 2 is 1.78 bits per heavy atom. The van der Waals surface area contributed by atoms with Gasteiger partial charge in [0.05, 0.1) is 0 Å². The van der Waals surface area contributed by atoms with Crippen LogP contribution >= 0.6 is 0 Å². The van der Waals surface area contributed by atoms with Crippen molar-refractivity contribution >= 4 is 6.09 Å². The van der Waals surface area contributed by atoms with E-state index in [-0.39, 0.29) is 6.09 Å². The fraction of sp³-hybridized carbons (Fsp3) is 0.947. The Bertz CT molecular complexity index is 387. The summed E-state index contributed by atoms with van der Waals surface area (Å²) >= 11 is 0. The zero-order chi connectivity index (χ0) is 17.1. The van der Waals surface area contributed by atoms with Crippen molar-refractivity contribution in [2.45, 2.75) is 97.2 Å². The van der Waals surface area contributed by atoms with Crippen LogP contribution in [-0.4, -0.2) is 41.8 Å². The molecule has 1 amide bonds. The first-order chi connectivity index (χ1) is 10.7. The van der Waals surface area contributed by atoms with Crippen LogP contribution in [0.4, 0.5) is 4.79 Å². The minimum absolute atomic E-state index is 0.139. The van der Waals surface area contributed by atoms with Crippen molar-refractivity contribution in [2.24, 2.45) is 5.41 Å². The summed E-state index contributed by atoms with van der Waals surface area (Å²) in [5.41, 5.74) is 0.120. The normalized spacial score (nSPS) is 22.0. The van der Waals surface area contributed by atoms with Crippen molar-refractivity contribution < 1.29 is 9.53 Å². The van der Waals surface area contributed by atoms with E-state index in [1.807, 2.05) is 25.7 Å². The molecule has 2 rings (SSSR count). The summed E-state index contributed by atoms with van der Waals surface area (Å²) in [4.78, 5) is 14.2. The molecule has 0 aromatic carbocycles. The highest BCUT2D eigenvalue weighted by Crippen LogP contribution is 2.35. The van der Waals surface area contributed by atoms with E-state index in [2.05, 4.69) is 19.2 Å². The number of carbonyl (C=O) groups excluding carboxylic acids is 1. The molecule has 0 aromatic heterocycles. The molecule has 2 aliphatic carbocycles. The largest absolute Gasteiger partial charge is 0.444 e. The molecule has 0 saturated heterocycles. The van der Waals surface area contributed by atoms with E-state index in [0.717, 1.165) is 32.4 Å². The second kappa shape index (κ2) is 7.42. The van der Waals surface area contributed by atoms with Crippen LogP contribution in [-0.2, 0) is 4.74 Å². The quantitative estimate of drug-likeness (QED) is 0.739. The van der Waals surface area contributed by atoms with Crippen LogP contribution in [0.3, 0.4) is 0 Å². The number of nitrogens with zero attached hydrogens (tertiary/aromatic N) is 1. The monoisotopic (exact) mass is 324 g/mol. The summed E-state index contributed by atoms with van der Waals surface area (Å²) in [6.45, 7) is 12.4. The van der Waals surface area contributed by atoms with Crippen LogP contribution in [0.2, 0.25) is 0 Å². The van der Waals surface area contributed by atoms with Crippen LogP contribution in [0.1, 0.15) is 79.6 Å². The summed E-state index contributed by atoms with van der Waals surface area (Å²) in [6, 6.07) is 1.08. The minimum Gasteiger partial charge on any atom is -0.444 e. The highest BCUT2D eigenvalue weighted by atomic mass is 16.6. The maximum Gasteiger partial charge on any atom is 0.410 e. The van der Waals surface area contributed by atoms with Gasteiger partial charge in [0.15, 0.2) is 0 Å². The SMILES string of the molecule is CC1(C)CCC(NCCCN(C(=O)OC(C)(C)C)C2CC2)CC1. The van der Waals surface area contributed by atoms with Crippen molar-refractivity contribution in [1.82, 2.24) is 10.2 Å². The van der Waals surface area contributed by atoms with Gasteiger partial charge >= 0.3 is 6.09 Å². The van der Waals surface area contributed by atoms with Gasteiger partial charge in [-0.2, -0.15) is 0 Å². The molecule has 134 valence electrons. The Hall–Kier alpha value is -0.770. The predicted molar refractivity (Wildman–Crippen MR) is 94.6 cm³/mol. The van der Waals surface area contributed by atoms with Gasteiger partial charge < -0.3 is 15.0 Å². The van der Waals surface area contributed by atoms with Gasteiger partial charge in [0, 0.05) is 18.6 Å². The maximum atomic E-state index is 12.3. The molecule has 0 spiro atoms. The zero-order valence-electron chi connectivity index (χ0n) is 15.8. The van der Waals surface area contributed by atoms with Crippen LogP contribution in [0.5, 0.6) is 0 Å². The molecule has 23 heavy (non-hydrogen) atoms. The molecular weight excluding hydrogens is 288 g/mol. The van der Waals surface area contributed by atoms with Crippen molar-refractivity contribution in [2.75, 3.05) is 13.1 Å². The Morgan fingerprint density at radius 3 is 2.30 bits per heavy atom. The number of nitrogens with one attached hydrogen (secondary N) is 1. The van der Waals surface area contributed by atoms with Gasteiger partial charge in [-0.05, 0) is 77.7 Å². The summed E-state index contributed by atoms with van der Waals surface area (Å²) in [6.07, 6.45) is 8.33. The van der Waals surface area contributed by atoms with Gasteiger partial charge in [0.25, 0.3) is 0 Å². The van der Waals surface area contributed by atoms with Crippen LogP contribution < -0.4 is 5.32 Å². The lowest BCUT2D eigenvalue weighted by atomic mass is 9.75. The van der Waals surface area contributed by atoms with Gasteiger partial charge in [0.2, 0.25) is 0 Å².